The van der Waals surface area contributed by atoms with Gasteiger partial charge in [0.25, 0.3) is 11.9 Å². The van der Waals surface area contributed by atoms with Crippen LogP contribution >= 0.6 is 0 Å². The minimum atomic E-state index is -0.833. The van der Waals surface area contributed by atoms with Crippen LogP contribution in [-0.2, 0) is 9.59 Å². The maximum atomic E-state index is 9.05. The third kappa shape index (κ3) is 5.41. The van der Waals surface area contributed by atoms with Gasteiger partial charge in [0.15, 0.2) is 5.65 Å². The van der Waals surface area contributed by atoms with Gasteiger partial charge in [-0.1, -0.05) is 6.07 Å². The highest BCUT2D eigenvalue weighted by Gasteiger charge is 2.13. The van der Waals surface area contributed by atoms with E-state index >= 15 is 0 Å². The van der Waals surface area contributed by atoms with Gasteiger partial charge in [0.05, 0.1) is 6.20 Å². The molecule has 0 bridgehead atoms. The lowest BCUT2D eigenvalue weighted by atomic mass is 10.2. The summed E-state index contributed by atoms with van der Waals surface area (Å²) in [7, 11) is 0. The molecular weight excluding hydrogens is 332 g/mol. The molecule has 10 nitrogen and oxygen atoms in total. The minimum Gasteiger partial charge on any atom is -0.481 e. The van der Waals surface area contributed by atoms with Crippen LogP contribution < -0.4 is 5.23 Å². The number of aliphatic carboxylic acids is 2. The molecule has 0 aliphatic carbocycles. The molecule has 10 heteroatoms. The first kappa shape index (κ1) is 19.8. The van der Waals surface area contributed by atoms with Crippen molar-refractivity contribution in [2.45, 2.75) is 20.8 Å². The highest BCUT2D eigenvalue weighted by atomic mass is 16.8. The number of imidazole rings is 1. The molecule has 3 rings (SSSR count). The van der Waals surface area contributed by atoms with E-state index in [1.165, 1.54) is 6.20 Å². The summed E-state index contributed by atoms with van der Waals surface area (Å²) in [5.74, 6) is -1.67. The van der Waals surface area contributed by atoms with Crippen molar-refractivity contribution >= 4 is 34.4 Å². The van der Waals surface area contributed by atoms with E-state index in [1.54, 1.807) is 6.92 Å². The fourth-order valence-electron chi connectivity index (χ4n) is 1.90. The van der Waals surface area contributed by atoms with Crippen molar-refractivity contribution in [2.24, 2.45) is 0 Å². The molecule has 0 aliphatic rings. The Hall–Kier alpha value is -3.24. The molecule has 134 valence electrons. The van der Waals surface area contributed by atoms with Gasteiger partial charge >= 0.3 is 0 Å². The molecular formula is C15H18N4O6. The minimum absolute atomic E-state index is 0.0613. The Morgan fingerprint density at radius 2 is 1.68 bits per heavy atom. The van der Waals surface area contributed by atoms with Crippen molar-refractivity contribution in [1.82, 2.24) is 14.4 Å². The lowest BCUT2D eigenvalue weighted by Crippen LogP contribution is -2.13. The van der Waals surface area contributed by atoms with Crippen LogP contribution in [-0.4, -0.2) is 46.9 Å². The van der Waals surface area contributed by atoms with Gasteiger partial charge in [0.1, 0.15) is 16.9 Å². The van der Waals surface area contributed by atoms with Crippen LogP contribution in [0.3, 0.4) is 0 Å². The van der Waals surface area contributed by atoms with Crippen molar-refractivity contribution in [3.05, 3.63) is 36.2 Å². The van der Waals surface area contributed by atoms with Crippen LogP contribution in [0, 0.1) is 6.92 Å². The standard InChI is InChI=1S/C11H10N4O2.2C2H4O2/c1-7-8(15(16)17)6-12-11-10(7)13-9-4-2-3-5-14(9)11;2*1-2(3)4/h2-6,16-17H,1H3;2*1H3,(H,3,4). The molecule has 4 N–H and O–H groups in total. The fourth-order valence-corrected chi connectivity index (χ4v) is 1.90. The first-order valence-electron chi connectivity index (χ1n) is 6.94. The van der Waals surface area contributed by atoms with Crippen LogP contribution in [0.2, 0.25) is 0 Å². The molecule has 0 saturated carbocycles. The summed E-state index contributed by atoms with van der Waals surface area (Å²) in [6, 6.07) is 5.65. The number of carboxylic acids is 2. The number of pyridine rings is 2. The monoisotopic (exact) mass is 350 g/mol. The Kier molecular flexibility index (Phi) is 6.79. The predicted molar refractivity (Wildman–Crippen MR) is 87.9 cm³/mol. The number of aryl methyl sites for hydroxylation is 1. The van der Waals surface area contributed by atoms with Gasteiger partial charge in [-0.2, -0.15) is 0 Å². The van der Waals surface area contributed by atoms with Crippen LogP contribution in [0.4, 0.5) is 5.69 Å². The molecule has 0 spiro atoms. The number of aromatic nitrogens is 3. The number of hydrogen-bond acceptors (Lipinski definition) is 7. The highest BCUT2D eigenvalue weighted by Crippen LogP contribution is 2.25. The van der Waals surface area contributed by atoms with E-state index in [4.69, 9.17) is 30.2 Å². The van der Waals surface area contributed by atoms with Crippen LogP contribution in [0.25, 0.3) is 16.8 Å². The number of anilines is 1. The van der Waals surface area contributed by atoms with E-state index in [9.17, 15) is 0 Å². The molecule has 0 saturated heterocycles. The van der Waals surface area contributed by atoms with Crippen LogP contribution in [0.15, 0.2) is 30.6 Å². The quantitative estimate of drug-likeness (QED) is 0.483. The van der Waals surface area contributed by atoms with Crippen LogP contribution in [0.1, 0.15) is 19.4 Å². The zero-order chi connectivity index (χ0) is 19.1. The number of carbonyl (C=O) groups is 2. The van der Waals surface area contributed by atoms with Gasteiger partial charge in [-0.05, 0) is 19.1 Å². The molecule has 0 unspecified atom stereocenters. The predicted octanol–water partition coefficient (Wildman–Crippen LogP) is 1.96. The zero-order valence-electron chi connectivity index (χ0n) is 13.8. The number of fused-ring (bicyclic) bond motifs is 3. The maximum Gasteiger partial charge on any atom is 0.300 e. The summed E-state index contributed by atoms with van der Waals surface area (Å²) in [6.45, 7) is 3.94. The largest absolute Gasteiger partial charge is 0.481 e. The third-order valence-corrected chi connectivity index (χ3v) is 2.77. The Balaban J connectivity index is 0.000000333. The van der Waals surface area contributed by atoms with Gasteiger partial charge in [-0.15, -0.1) is 5.23 Å². The van der Waals surface area contributed by atoms with Gasteiger partial charge < -0.3 is 10.2 Å². The molecule has 0 amide bonds. The lowest BCUT2D eigenvalue weighted by molar-refractivity contribution is -0.135. The summed E-state index contributed by atoms with van der Waals surface area (Å²) in [5.41, 5.74) is 3.02. The van der Waals surface area contributed by atoms with Gasteiger partial charge in [-0.25, -0.2) is 9.97 Å². The van der Waals surface area contributed by atoms with E-state index in [1.807, 2.05) is 28.8 Å². The third-order valence-electron chi connectivity index (χ3n) is 2.77. The van der Waals surface area contributed by atoms with Gasteiger partial charge in [-0.3, -0.25) is 24.4 Å². The second-order valence-corrected chi connectivity index (χ2v) is 4.81. The molecule has 0 radical (unpaired) electrons. The summed E-state index contributed by atoms with van der Waals surface area (Å²) in [4.78, 5) is 26.6. The van der Waals surface area contributed by atoms with Crippen molar-refractivity contribution in [1.29, 1.82) is 0 Å². The molecule has 0 atom stereocenters. The molecule has 0 fully saturated rings. The lowest BCUT2D eigenvalue weighted by Gasteiger charge is -2.10. The van der Waals surface area contributed by atoms with E-state index in [0.29, 0.717) is 16.7 Å². The second-order valence-electron chi connectivity index (χ2n) is 4.81. The SMILES string of the molecule is CC(=O)O.CC(=O)O.Cc1c(N(O)O)cnc2c1nc1ccccn12. The highest BCUT2D eigenvalue weighted by molar-refractivity contribution is 5.83. The van der Waals surface area contributed by atoms with Gasteiger partial charge in [0.2, 0.25) is 0 Å². The van der Waals surface area contributed by atoms with Crippen molar-refractivity contribution in [2.75, 3.05) is 5.23 Å². The Bertz CT molecular complexity index is 870. The number of nitrogens with zero attached hydrogens (tertiary/aromatic N) is 4. The van der Waals surface area contributed by atoms with Crippen molar-refractivity contribution in [3.63, 3.8) is 0 Å². The Morgan fingerprint density at radius 3 is 2.20 bits per heavy atom. The summed E-state index contributed by atoms with van der Waals surface area (Å²) in [6.07, 6.45) is 3.27. The summed E-state index contributed by atoms with van der Waals surface area (Å²) in [5, 5.41) is 33.0. The Labute approximate surface area is 142 Å². The number of carboxylic acid groups (broad SMARTS) is 2. The van der Waals surface area contributed by atoms with E-state index in [2.05, 4.69) is 9.97 Å². The topological polar surface area (TPSA) is 148 Å². The van der Waals surface area contributed by atoms with Crippen LogP contribution in [0.5, 0.6) is 0 Å². The smallest absolute Gasteiger partial charge is 0.300 e. The second kappa shape index (κ2) is 8.57. The number of hydrogen-bond donors (Lipinski definition) is 4. The zero-order valence-corrected chi connectivity index (χ0v) is 13.8. The molecule has 3 aromatic heterocycles. The Morgan fingerprint density at radius 1 is 1.12 bits per heavy atom. The summed E-state index contributed by atoms with van der Waals surface area (Å²) < 4.78 is 1.85. The van der Waals surface area contributed by atoms with Crippen molar-refractivity contribution < 1.29 is 30.2 Å². The average Bonchev–Trinajstić information content (AvgIpc) is 2.86. The van der Waals surface area contributed by atoms with Crippen molar-refractivity contribution in [3.8, 4) is 0 Å². The first-order valence-corrected chi connectivity index (χ1v) is 6.94. The fraction of sp³-hybridized carbons (Fsp3) is 0.200. The summed E-state index contributed by atoms with van der Waals surface area (Å²) >= 11 is 0. The normalized spacial score (nSPS) is 9.64. The average molecular weight is 350 g/mol. The molecule has 0 aromatic carbocycles. The van der Waals surface area contributed by atoms with E-state index in [0.717, 1.165) is 19.5 Å². The molecule has 3 aromatic rings. The number of rotatable bonds is 1. The molecule has 0 aliphatic heterocycles. The molecule has 3 heterocycles. The first-order chi connectivity index (χ1) is 11.6. The maximum absolute atomic E-state index is 9.05. The van der Waals surface area contributed by atoms with Gasteiger partial charge in [0, 0.05) is 25.6 Å². The van der Waals surface area contributed by atoms with E-state index < -0.39 is 11.9 Å². The van der Waals surface area contributed by atoms with E-state index in [-0.39, 0.29) is 10.9 Å². The molecule has 25 heavy (non-hydrogen) atoms.